The van der Waals surface area contributed by atoms with E-state index in [1.807, 2.05) is 19.1 Å². The first-order valence-electron chi connectivity index (χ1n) is 7.35. The Labute approximate surface area is 129 Å². The Hall–Kier alpha value is -1.81. The molecular formula is C17H20N2OS. The van der Waals surface area contributed by atoms with Gasteiger partial charge in [0.2, 0.25) is 0 Å². The number of hydrogen-bond donors (Lipinski definition) is 2. The van der Waals surface area contributed by atoms with Crippen molar-refractivity contribution in [1.29, 1.82) is 0 Å². The molecule has 0 atom stereocenters. The van der Waals surface area contributed by atoms with E-state index < -0.39 is 0 Å². The Bertz CT molecular complexity index is 703. The first-order chi connectivity index (χ1) is 10.1. The summed E-state index contributed by atoms with van der Waals surface area (Å²) in [6, 6.07) is 5.45. The lowest BCUT2D eigenvalue weighted by molar-refractivity contribution is 0.102. The molecule has 1 amide bonds. The van der Waals surface area contributed by atoms with E-state index in [0.717, 1.165) is 23.4 Å². The van der Waals surface area contributed by atoms with Gasteiger partial charge in [0.05, 0.1) is 5.00 Å². The average molecular weight is 300 g/mol. The highest BCUT2D eigenvalue weighted by Gasteiger charge is 2.20. The van der Waals surface area contributed by atoms with Crippen LogP contribution in [0.4, 0.5) is 10.7 Å². The van der Waals surface area contributed by atoms with Crippen LogP contribution in [0.5, 0.6) is 0 Å². The zero-order valence-electron chi connectivity index (χ0n) is 12.5. The summed E-state index contributed by atoms with van der Waals surface area (Å²) < 4.78 is 0. The number of nitrogens with one attached hydrogen (secondary N) is 1. The number of thiophene rings is 1. The fourth-order valence-corrected chi connectivity index (χ4v) is 4.19. The molecule has 0 radical (unpaired) electrons. The number of rotatable bonds is 2. The molecule has 0 bridgehead atoms. The van der Waals surface area contributed by atoms with Crippen LogP contribution in [0, 0.1) is 13.8 Å². The lowest BCUT2D eigenvalue weighted by Gasteiger charge is -2.10. The second kappa shape index (κ2) is 5.53. The quantitative estimate of drug-likeness (QED) is 0.821. The largest absolute Gasteiger partial charge is 0.399 e. The third-order valence-corrected chi connectivity index (χ3v) is 5.48. The topological polar surface area (TPSA) is 55.1 Å². The summed E-state index contributed by atoms with van der Waals surface area (Å²) in [4.78, 5) is 13.9. The van der Waals surface area contributed by atoms with Crippen molar-refractivity contribution in [2.45, 2.75) is 39.5 Å². The first kappa shape index (κ1) is 14.1. The maximum Gasteiger partial charge on any atom is 0.256 e. The molecule has 110 valence electrons. The number of aryl methyl sites for hydroxylation is 2. The van der Waals surface area contributed by atoms with Gasteiger partial charge < -0.3 is 11.1 Å². The van der Waals surface area contributed by atoms with Gasteiger partial charge in [0.1, 0.15) is 0 Å². The molecule has 3 N–H and O–H groups in total. The zero-order chi connectivity index (χ0) is 15.0. The molecule has 1 aliphatic rings. The summed E-state index contributed by atoms with van der Waals surface area (Å²) >= 11 is 1.73. The summed E-state index contributed by atoms with van der Waals surface area (Å²) in [7, 11) is 0. The monoisotopic (exact) mass is 300 g/mol. The van der Waals surface area contributed by atoms with Crippen molar-refractivity contribution < 1.29 is 4.79 Å². The van der Waals surface area contributed by atoms with Crippen molar-refractivity contribution in [3.8, 4) is 0 Å². The molecule has 0 fully saturated rings. The van der Waals surface area contributed by atoms with Gasteiger partial charge in [-0.15, -0.1) is 11.3 Å². The predicted molar refractivity (Wildman–Crippen MR) is 89.2 cm³/mol. The number of hydrogen-bond acceptors (Lipinski definition) is 3. The Morgan fingerprint density at radius 1 is 1.24 bits per heavy atom. The molecule has 0 unspecified atom stereocenters. The van der Waals surface area contributed by atoms with Gasteiger partial charge in [0, 0.05) is 16.1 Å². The minimum absolute atomic E-state index is 0.0681. The lowest BCUT2D eigenvalue weighted by atomic mass is 9.96. The van der Waals surface area contributed by atoms with E-state index in [1.54, 1.807) is 17.4 Å². The van der Waals surface area contributed by atoms with Crippen LogP contribution in [-0.4, -0.2) is 5.91 Å². The number of nitrogen functional groups attached to an aromatic ring is 1. The van der Waals surface area contributed by atoms with Crippen LogP contribution in [0.15, 0.2) is 18.2 Å². The number of nitrogens with two attached hydrogens (primary N) is 1. The Kier molecular flexibility index (Phi) is 3.72. The van der Waals surface area contributed by atoms with Gasteiger partial charge >= 0.3 is 0 Å². The van der Waals surface area contributed by atoms with Crippen LogP contribution in [0.25, 0.3) is 0 Å². The number of benzene rings is 1. The molecule has 1 aromatic heterocycles. The molecular weight excluding hydrogens is 280 g/mol. The fraction of sp³-hybridized carbons (Fsp3) is 0.353. The molecule has 3 rings (SSSR count). The predicted octanol–water partition coefficient (Wildman–Crippen LogP) is 4.08. The molecule has 0 spiro atoms. The molecule has 0 saturated heterocycles. The summed E-state index contributed by atoms with van der Waals surface area (Å²) in [5, 5.41) is 4.07. The maximum absolute atomic E-state index is 12.5. The van der Waals surface area contributed by atoms with Gasteiger partial charge in [-0.1, -0.05) is 6.07 Å². The van der Waals surface area contributed by atoms with Crippen molar-refractivity contribution in [3.63, 3.8) is 0 Å². The molecule has 3 nitrogen and oxygen atoms in total. The summed E-state index contributed by atoms with van der Waals surface area (Å²) in [6.07, 6.45) is 4.81. The molecule has 21 heavy (non-hydrogen) atoms. The van der Waals surface area contributed by atoms with Crippen LogP contribution in [-0.2, 0) is 12.8 Å². The second-order valence-electron chi connectivity index (χ2n) is 5.69. The molecule has 1 aromatic carbocycles. The van der Waals surface area contributed by atoms with E-state index in [2.05, 4.69) is 12.2 Å². The number of anilines is 2. The van der Waals surface area contributed by atoms with E-state index in [0.29, 0.717) is 11.3 Å². The normalized spacial score (nSPS) is 13.8. The van der Waals surface area contributed by atoms with Crippen molar-refractivity contribution >= 4 is 27.9 Å². The number of amides is 1. The molecule has 4 heteroatoms. The van der Waals surface area contributed by atoms with Crippen molar-refractivity contribution in [3.05, 3.63) is 45.3 Å². The van der Waals surface area contributed by atoms with Crippen LogP contribution < -0.4 is 11.1 Å². The van der Waals surface area contributed by atoms with Crippen molar-refractivity contribution in [2.24, 2.45) is 0 Å². The Morgan fingerprint density at radius 2 is 2.00 bits per heavy atom. The Morgan fingerprint density at radius 3 is 2.76 bits per heavy atom. The molecule has 0 aliphatic heterocycles. The van der Waals surface area contributed by atoms with Crippen molar-refractivity contribution in [1.82, 2.24) is 0 Å². The van der Waals surface area contributed by atoms with Gasteiger partial charge in [-0.3, -0.25) is 4.79 Å². The zero-order valence-corrected chi connectivity index (χ0v) is 13.3. The smallest absolute Gasteiger partial charge is 0.256 e. The molecule has 1 aliphatic carbocycles. The highest BCUT2D eigenvalue weighted by atomic mass is 32.1. The van der Waals surface area contributed by atoms with Gasteiger partial charge in [-0.05, 0) is 68.4 Å². The molecule has 2 aromatic rings. The minimum atomic E-state index is -0.0681. The number of carbonyl (C=O) groups is 1. The molecule has 0 saturated carbocycles. The lowest BCUT2D eigenvalue weighted by Crippen LogP contribution is -2.13. The van der Waals surface area contributed by atoms with Crippen LogP contribution in [0.3, 0.4) is 0 Å². The standard InChI is InChI=1S/C17H20N2OS/c1-10-7-8-12(18)9-14(10)16(20)19-17-11(2)13-5-3-4-6-15(13)21-17/h7-9H,3-6,18H2,1-2H3,(H,19,20). The fourth-order valence-electron chi connectivity index (χ4n) is 2.90. The van der Waals surface area contributed by atoms with E-state index in [4.69, 9.17) is 5.73 Å². The van der Waals surface area contributed by atoms with E-state index in [1.165, 1.54) is 28.8 Å². The summed E-state index contributed by atoms with van der Waals surface area (Å²) in [6.45, 7) is 4.04. The van der Waals surface area contributed by atoms with Crippen LogP contribution in [0.2, 0.25) is 0 Å². The summed E-state index contributed by atoms with van der Waals surface area (Å²) in [5.74, 6) is -0.0681. The van der Waals surface area contributed by atoms with Gasteiger partial charge in [0.25, 0.3) is 5.91 Å². The Balaban J connectivity index is 1.88. The molecule has 1 heterocycles. The highest BCUT2D eigenvalue weighted by molar-refractivity contribution is 7.16. The van der Waals surface area contributed by atoms with Crippen LogP contribution in [0.1, 0.15) is 44.8 Å². The van der Waals surface area contributed by atoms with Crippen molar-refractivity contribution in [2.75, 3.05) is 11.1 Å². The van der Waals surface area contributed by atoms with E-state index in [-0.39, 0.29) is 5.91 Å². The second-order valence-corrected chi connectivity index (χ2v) is 6.80. The third kappa shape index (κ3) is 2.68. The minimum Gasteiger partial charge on any atom is -0.399 e. The van der Waals surface area contributed by atoms with Gasteiger partial charge in [-0.25, -0.2) is 0 Å². The maximum atomic E-state index is 12.5. The highest BCUT2D eigenvalue weighted by Crippen LogP contribution is 2.37. The van der Waals surface area contributed by atoms with E-state index >= 15 is 0 Å². The van der Waals surface area contributed by atoms with Gasteiger partial charge in [-0.2, -0.15) is 0 Å². The van der Waals surface area contributed by atoms with Crippen LogP contribution >= 0.6 is 11.3 Å². The number of carbonyl (C=O) groups excluding carboxylic acids is 1. The van der Waals surface area contributed by atoms with E-state index in [9.17, 15) is 4.79 Å². The summed E-state index contributed by atoms with van der Waals surface area (Å²) in [5.41, 5.74) is 10.7. The SMILES string of the molecule is Cc1ccc(N)cc1C(=O)Nc1sc2c(c1C)CCCC2. The average Bonchev–Trinajstić information content (AvgIpc) is 2.78. The van der Waals surface area contributed by atoms with Gasteiger partial charge in [0.15, 0.2) is 0 Å². The number of fused-ring (bicyclic) bond motifs is 1. The third-order valence-electron chi connectivity index (χ3n) is 4.17. The first-order valence-corrected chi connectivity index (χ1v) is 8.16.